The zero-order valence-electron chi connectivity index (χ0n) is 7.77. The van der Waals surface area contributed by atoms with Gasteiger partial charge in [-0.05, 0) is 13.0 Å². The Kier molecular flexibility index (Phi) is 2.51. The summed E-state index contributed by atoms with van der Waals surface area (Å²) in [5.41, 5.74) is 9.88. The second-order valence-electron chi connectivity index (χ2n) is 2.90. The van der Waals surface area contributed by atoms with Gasteiger partial charge >= 0.3 is 0 Å². The molecule has 4 nitrogen and oxygen atoms in total. The van der Waals surface area contributed by atoms with Crippen LogP contribution in [0, 0.1) is 6.92 Å². The quantitative estimate of drug-likeness (QED) is 0.806. The SMILES string of the molecule is Cc1cc(CN)nc(-c2cscn2)n1. The third kappa shape index (κ3) is 1.78. The molecule has 2 aromatic rings. The van der Waals surface area contributed by atoms with Crippen molar-refractivity contribution in [1.82, 2.24) is 15.0 Å². The number of thiazole rings is 1. The average molecular weight is 206 g/mol. The Morgan fingerprint density at radius 3 is 2.93 bits per heavy atom. The topological polar surface area (TPSA) is 64.7 Å². The van der Waals surface area contributed by atoms with Crippen LogP contribution in [-0.4, -0.2) is 15.0 Å². The Hall–Kier alpha value is -1.33. The Morgan fingerprint density at radius 1 is 1.43 bits per heavy atom. The summed E-state index contributed by atoms with van der Waals surface area (Å²) in [6.07, 6.45) is 0. The van der Waals surface area contributed by atoms with E-state index in [1.165, 1.54) is 11.3 Å². The summed E-state index contributed by atoms with van der Waals surface area (Å²) in [6, 6.07) is 1.88. The van der Waals surface area contributed by atoms with E-state index in [0.717, 1.165) is 17.1 Å². The molecule has 0 saturated carbocycles. The van der Waals surface area contributed by atoms with Crippen LogP contribution in [0.15, 0.2) is 17.0 Å². The van der Waals surface area contributed by atoms with E-state index in [9.17, 15) is 0 Å². The number of rotatable bonds is 2. The van der Waals surface area contributed by atoms with Gasteiger partial charge < -0.3 is 5.73 Å². The van der Waals surface area contributed by atoms with Crippen molar-refractivity contribution in [2.75, 3.05) is 0 Å². The van der Waals surface area contributed by atoms with E-state index in [1.54, 1.807) is 5.51 Å². The van der Waals surface area contributed by atoms with Gasteiger partial charge in [-0.3, -0.25) is 0 Å². The van der Waals surface area contributed by atoms with Gasteiger partial charge in [0.15, 0.2) is 5.82 Å². The number of aryl methyl sites for hydroxylation is 1. The lowest BCUT2D eigenvalue weighted by Crippen LogP contribution is -2.03. The molecule has 72 valence electrons. The molecule has 0 aliphatic heterocycles. The zero-order chi connectivity index (χ0) is 9.97. The summed E-state index contributed by atoms with van der Waals surface area (Å²) in [4.78, 5) is 12.8. The molecule has 0 amide bonds. The van der Waals surface area contributed by atoms with Crippen LogP contribution in [0.5, 0.6) is 0 Å². The number of nitrogens with zero attached hydrogens (tertiary/aromatic N) is 3. The summed E-state index contributed by atoms with van der Waals surface area (Å²) < 4.78 is 0. The molecule has 0 bridgehead atoms. The molecule has 2 N–H and O–H groups in total. The highest BCUT2D eigenvalue weighted by molar-refractivity contribution is 7.07. The van der Waals surface area contributed by atoms with Crippen LogP contribution in [0.2, 0.25) is 0 Å². The lowest BCUT2D eigenvalue weighted by atomic mass is 10.3. The highest BCUT2D eigenvalue weighted by atomic mass is 32.1. The first-order valence-corrected chi connectivity index (χ1v) is 5.17. The maximum Gasteiger partial charge on any atom is 0.179 e. The minimum Gasteiger partial charge on any atom is -0.325 e. The predicted molar refractivity (Wildman–Crippen MR) is 55.8 cm³/mol. The van der Waals surface area contributed by atoms with Gasteiger partial charge in [0, 0.05) is 17.6 Å². The standard InChI is InChI=1S/C9H10N4S/c1-6-2-7(3-10)13-9(12-6)8-4-14-5-11-8/h2,4-5H,3,10H2,1H3. The van der Waals surface area contributed by atoms with Gasteiger partial charge in [-0.2, -0.15) is 0 Å². The first kappa shape index (κ1) is 9.23. The molecule has 0 radical (unpaired) electrons. The second-order valence-corrected chi connectivity index (χ2v) is 3.62. The maximum atomic E-state index is 5.53. The molecule has 2 rings (SSSR count). The Balaban J connectivity index is 2.48. The molecular weight excluding hydrogens is 196 g/mol. The van der Waals surface area contributed by atoms with Gasteiger partial charge in [-0.25, -0.2) is 15.0 Å². The van der Waals surface area contributed by atoms with E-state index >= 15 is 0 Å². The first-order chi connectivity index (χ1) is 6.79. The third-order valence-electron chi connectivity index (χ3n) is 1.78. The Labute approximate surface area is 85.9 Å². The van der Waals surface area contributed by atoms with Crippen LogP contribution in [0.3, 0.4) is 0 Å². The normalized spacial score (nSPS) is 10.4. The molecule has 0 aromatic carbocycles. The molecule has 14 heavy (non-hydrogen) atoms. The first-order valence-electron chi connectivity index (χ1n) is 4.23. The molecule has 0 atom stereocenters. The monoisotopic (exact) mass is 206 g/mol. The smallest absolute Gasteiger partial charge is 0.179 e. The van der Waals surface area contributed by atoms with Crippen LogP contribution in [0.4, 0.5) is 0 Å². The van der Waals surface area contributed by atoms with Crippen LogP contribution >= 0.6 is 11.3 Å². The molecular formula is C9H10N4S. The largest absolute Gasteiger partial charge is 0.325 e. The van der Waals surface area contributed by atoms with Crippen LogP contribution in [-0.2, 0) is 6.54 Å². The van der Waals surface area contributed by atoms with Crippen molar-refractivity contribution in [3.63, 3.8) is 0 Å². The highest BCUT2D eigenvalue weighted by Crippen LogP contribution is 2.15. The summed E-state index contributed by atoms with van der Waals surface area (Å²) in [5.74, 6) is 0.659. The van der Waals surface area contributed by atoms with E-state index < -0.39 is 0 Å². The van der Waals surface area contributed by atoms with Crippen molar-refractivity contribution in [3.8, 4) is 11.5 Å². The van der Waals surface area contributed by atoms with Crippen molar-refractivity contribution in [3.05, 3.63) is 28.3 Å². The fourth-order valence-electron chi connectivity index (χ4n) is 1.18. The Morgan fingerprint density at radius 2 is 2.29 bits per heavy atom. The fourth-order valence-corrected chi connectivity index (χ4v) is 1.71. The van der Waals surface area contributed by atoms with Gasteiger partial charge in [0.25, 0.3) is 0 Å². The van der Waals surface area contributed by atoms with E-state index in [1.807, 2.05) is 18.4 Å². The lowest BCUT2D eigenvalue weighted by Gasteiger charge is -2.01. The van der Waals surface area contributed by atoms with E-state index in [2.05, 4.69) is 15.0 Å². The highest BCUT2D eigenvalue weighted by Gasteiger charge is 2.05. The van der Waals surface area contributed by atoms with Crippen LogP contribution in [0.25, 0.3) is 11.5 Å². The van der Waals surface area contributed by atoms with E-state index in [-0.39, 0.29) is 0 Å². The molecule has 0 fully saturated rings. The summed E-state index contributed by atoms with van der Waals surface area (Å²) in [5, 5.41) is 1.93. The molecule has 0 aliphatic carbocycles. The van der Waals surface area contributed by atoms with E-state index in [0.29, 0.717) is 12.4 Å². The van der Waals surface area contributed by atoms with Crippen molar-refractivity contribution in [2.24, 2.45) is 5.73 Å². The van der Waals surface area contributed by atoms with Gasteiger partial charge in [0.1, 0.15) is 5.69 Å². The summed E-state index contributed by atoms with van der Waals surface area (Å²) in [7, 11) is 0. The number of nitrogens with two attached hydrogens (primary N) is 1. The van der Waals surface area contributed by atoms with Gasteiger partial charge in [-0.1, -0.05) is 0 Å². The Bertz CT molecular complexity index is 424. The molecule has 0 unspecified atom stereocenters. The van der Waals surface area contributed by atoms with Gasteiger partial charge in [-0.15, -0.1) is 11.3 Å². The zero-order valence-corrected chi connectivity index (χ0v) is 8.58. The molecule has 0 aliphatic rings. The van der Waals surface area contributed by atoms with E-state index in [4.69, 9.17) is 5.73 Å². The number of aromatic nitrogens is 3. The molecule has 5 heteroatoms. The third-order valence-corrected chi connectivity index (χ3v) is 2.36. The minimum absolute atomic E-state index is 0.431. The van der Waals surface area contributed by atoms with Crippen molar-refractivity contribution >= 4 is 11.3 Å². The second kappa shape index (κ2) is 3.81. The average Bonchev–Trinajstić information content (AvgIpc) is 2.69. The van der Waals surface area contributed by atoms with Gasteiger partial charge in [0.05, 0.1) is 11.2 Å². The molecule has 2 heterocycles. The summed E-state index contributed by atoms with van der Waals surface area (Å²) in [6.45, 7) is 2.36. The number of hydrogen-bond acceptors (Lipinski definition) is 5. The van der Waals surface area contributed by atoms with Crippen molar-refractivity contribution < 1.29 is 0 Å². The molecule has 0 spiro atoms. The minimum atomic E-state index is 0.431. The lowest BCUT2D eigenvalue weighted by molar-refractivity contribution is 0.950. The van der Waals surface area contributed by atoms with Crippen LogP contribution < -0.4 is 5.73 Å². The molecule has 0 saturated heterocycles. The number of hydrogen-bond donors (Lipinski definition) is 1. The maximum absolute atomic E-state index is 5.53. The van der Waals surface area contributed by atoms with Crippen molar-refractivity contribution in [2.45, 2.75) is 13.5 Å². The fraction of sp³-hybridized carbons (Fsp3) is 0.222. The van der Waals surface area contributed by atoms with Gasteiger partial charge in [0.2, 0.25) is 0 Å². The predicted octanol–water partition coefficient (Wildman–Crippen LogP) is 1.37. The molecule has 2 aromatic heterocycles. The summed E-state index contributed by atoms with van der Waals surface area (Å²) >= 11 is 1.53. The van der Waals surface area contributed by atoms with Crippen LogP contribution in [0.1, 0.15) is 11.4 Å². The van der Waals surface area contributed by atoms with Crippen molar-refractivity contribution in [1.29, 1.82) is 0 Å².